The minimum Gasteiger partial charge on any atom is -0.461 e. The number of aromatic nitrogens is 1. The second-order valence-corrected chi connectivity index (χ2v) is 5.27. The first-order valence-corrected chi connectivity index (χ1v) is 6.92. The summed E-state index contributed by atoms with van der Waals surface area (Å²) in [5.41, 5.74) is 0.175. The Morgan fingerprint density at radius 2 is 2.29 bits per heavy atom. The molecule has 1 aliphatic heterocycles. The molecule has 0 aliphatic carbocycles. The molecule has 0 N–H and O–H groups in total. The molecule has 1 aromatic heterocycles. The van der Waals surface area contributed by atoms with Crippen molar-refractivity contribution in [1.29, 1.82) is 0 Å². The standard InChI is InChI=1S/C10H14N2O4S/c1-2-15-9(13)8-7-16-10(11-8)12-3-5-17(14)6-4-12/h7H,2-6H2,1H3. The van der Waals surface area contributed by atoms with Gasteiger partial charge in [0.05, 0.1) is 6.61 Å². The lowest BCUT2D eigenvalue weighted by Gasteiger charge is -2.24. The van der Waals surface area contributed by atoms with Crippen molar-refractivity contribution in [2.45, 2.75) is 6.92 Å². The van der Waals surface area contributed by atoms with Gasteiger partial charge in [0, 0.05) is 35.4 Å². The predicted molar refractivity (Wildman–Crippen MR) is 62.5 cm³/mol. The van der Waals surface area contributed by atoms with Gasteiger partial charge in [0.1, 0.15) is 6.26 Å². The predicted octanol–water partition coefficient (Wildman–Crippen LogP) is 0.420. The smallest absolute Gasteiger partial charge is 0.360 e. The quantitative estimate of drug-likeness (QED) is 0.732. The maximum atomic E-state index is 11.4. The molecule has 2 heterocycles. The summed E-state index contributed by atoms with van der Waals surface area (Å²) in [4.78, 5) is 17.3. The first kappa shape index (κ1) is 12.1. The summed E-state index contributed by atoms with van der Waals surface area (Å²) in [6, 6.07) is 0.393. The molecular formula is C10H14N2O4S. The summed E-state index contributed by atoms with van der Waals surface area (Å²) >= 11 is 0. The van der Waals surface area contributed by atoms with Gasteiger partial charge in [0.2, 0.25) is 0 Å². The highest BCUT2D eigenvalue weighted by atomic mass is 32.2. The fraction of sp³-hybridized carbons (Fsp3) is 0.600. The van der Waals surface area contributed by atoms with Gasteiger partial charge in [-0.05, 0) is 6.92 Å². The van der Waals surface area contributed by atoms with E-state index in [0.29, 0.717) is 37.2 Å². The van der Waals surface area contributed by atoms with Gasteiger partial charge in [-0.2, -0.15) is 4.98 Å². The van der Waals surface area contributed by atoms with Gasteiger partial charge < -0.3 is 14.1 Å². The molecule has 6 nitrogen and oxygen atoms in total. The monoisotopic (exact) mass is 258 g/mol. The molecule has 0 aromatic carbocycles. The Kier molecular flexibility index (Phi) is 3.78. The summed E-state index contributed by atoms with van der Waals surface area (Å²) in [7, 11) is -0.742. The molecule has 94 valence electrons. The molecule has 1 aliphatic rings. The minimum absolute atomic E-state index is 0.175. The van der Waals surface area contributed by atoms with Gasteiger partial charge in [0.15, 0.2) is 5.69 Å². The lowest BCUT2D eigenvalue weighted by atomic mass is 10.5. The SMILES string of the molecule is CCOC(=O)c1coc(N2CCS(=O)CC2)n1. The maximum absolute atomic E-state index is 11.4. The van der Waals surface area contributed by atoms with Crippen LogP contribution in [0.25, 0.3) is 0 Å². The van der Waals surface area contributed by atoms with E-state index in [0.717, 1.165) is 0 Å². The third-order valence-electron chi connectivity index (χ3n) is 2.42. The summed E-state index contributed by atoms with van der Waals surface area (Å²) in [5, 5.41) is 0. The number of carbonyl (C=O) groups is 1. The first-order chi connectivity index (χ1) is 8.20. The van der Waals surface area contributed by atoms with Gasteiger partial charge in [-0.3, -0.25) is 4.21 Å². The van der Waals surface area contributed by atoms with Crippen molar-refractivity contribution in [3.05, 3.63) is 12.0 Å². The van der Waals surface area contributed by atoms with E-state index in [-0.39, 0.29) is 5.69 Å². The van der Waals surface area contributed by atoms with Crippen molar-refractivity contribution < 1.29 is 18.2 Å². The minimum atomic E-state index is -0.742. The molecule has 0 amide bonds. The van der Waals surface area contributed by atoms with Crippen molar-refractivity contribution >= 4 is 22.8 Å². The number of hydrogen-bond acceptors (Lipinski definition) is 6. The fourth-order valence-electron chi connectivity index (χ4n) is 1.54. The maximum Gasteiger partial charge on any atom is 0.360 e. The molecular weight excluding hydrogens is 244 g/mol. The lowest BCUT2D eigenvalue weighted by molar-refractivity contribution is 0.0519. The van der Waals surface area contributed by atoms with E-state index < -0.39 is 16.8 Å². The van der Waals surface area contributed by atoms with E-state index in [1.807, 2.05) is 4.90 Å². The van der Waals surface area contributed by atoms with Crippen molar-refractivity contribution in [2.24, 2.45) is 0 Å². The topological polar surface area (TPSA) is 72.6 Å². The molecule has 0 bridgehead atoms. The van der Waals surface area contributed by atoms with Crippen LogP contribution in [0.4, 0.5) is 6.01 Å². The Morgan fingerprint density at radius 1 is 1.59 bits per heavy atom. The van der Waals surface area contributed by atoms with Crippen molar-refractivity contribution in [3.63, 3.8) is 0 Å². The first-order valence-electron chi connectivity index (χ1n) is 5.43. The van der Waals surface area contributed by atoms with E-state index in [4.69, 9.17) is 9.15 Å². The van der Waals surface area contributed by atoms with Gasteiger partial charge in [-0.15, -0.1) is 0 Å². The van der Waals surface area contributed by atoms with E-state index in [1.165, 1.54) is 6.26 Å². The number of esters is 1. The van der Waals surface area contributed by atoms with Crippen LogP contribution in [0.2, 0.25) is 0 Å². The van der Waals surface area contributed by atoms with Crippen LogP contribution in [-0.2, 0) is 15.5 Å². The van der Waals surface area contributed by atoms with Crippen LogP contribution < -0.4 is 4.90 Å². The highest BCUT2D eigenvalue weighted by Crippen LogP contribution is 2.16. The molecule has 1 fully saturated rings. The number of anilines is 1. The van der Waals surface area contributed by atoms with E-state index in [9.17, 15) is 9.00 Å². The van der Waals surface area contributed by atoms with Crippen LogP contribution in [0.5, 0.6) is 0 Å². The Hall–Kier alpha value is -1.37. The fourth-order valence-corrected chi connectivity index (χ4v) is 2.59. The van der Waals surface area contributed by atoms with E-state index in [1.54, 1.807) is 6.92 Å². The Bertz CT molecular complexity index is 422. The Morgan fingerprint density at radius 3 is 2.94 bits per heavy atom. The zero-order valence-corrected chi connectivity index (χ0v) is 10.4. The third kappa shape index (κ3) is 2.85. The molecule has 17 heavy (non-hydrogen) atoms. The summed E-state index contributed by atoms with van der Waals surface area (Å²) < 4.78 is 21.2. The van der Waals surface area contributed by atoms with Crippen LogP contribution >= 0.6 is 0 Å². The largest absolute Gasteiger partial charge is 0.461 e. The molecule has 0 saturated carbocycles. The van der Waals surface area contributed by atoms with Crippen molar-refractivity contribution in [3.8, 4) is 0 Å². The lowest BCUT2D eigenvalue weighted by Crippen LogP contribution is -2.37. The number of ether oxygens (including phenoxy) is 1. The average molecular weight is 258 g/mol. The summed E-state index contributed by atoms with van der Waals surface area (Å²) in [6.45, 7) is 3.31. The van der Waals surface area contributed by atoms with Gasteiger partial charge >= 0.3 is 5.97 Å². The average Bonchev–Trinajstić information content (AvgIpc) is 2.80. The van der Waals surface area contributed by atoms with E-state index in [2.05, 4.69) is 4.98 Å². The number of hydrogen-bond donors (Lipinski definition) is 0. The Balaban J connectivity index is 2.03. The summed E-state index contributed by atoms with van der Waals surface area (Å²) in [5.74, 6) is 0.733. The van der Waals surface area contributed by atoms with Crippen LogP contribution in [-0.4, -0.2) is 46.4 Å². The van der Waals surface area contributed by atoms with Crippen LogP contribution in [0.1, 0.15) is 17.4 Å². The Labute approximate surface area is 101 Å². The highest BCUT2D eigenvalue weighted by molar-refractivity contribution is 7.85. The van der Waals surface area contributed by atoms with Gasteiger partial charge in [-0.25, -0.2) is 4.79 Å². The van der Waals surface area contributed by atoms with Crippen LogP contribution in [0, 0.1) is 0 Å². The van der Waals surface area contributed by atoms with Gasteiger partial charge in [-0.1, -0.05) is 0 Å². The molecule has 7 heteroatoms. The number of nitrogens with zero attached hydrogens (tertiary/aromatic N) is 2. The summed E-state index contributed by atoms with van der Waals surface area (Å²) in [6.07, 6.45) is 1.29. The molecule has 0 spiro atoms. The zero-order chi connectivity index (χ0) is 12.3. The van der Waals surface area contributed by atoms with Gasteiger partial charge in [0.25, 0.3) is 6.01 Å². The van der Waals surface area contributed by atoms with Crippen LogP contribution in [0.15, 0.2) is 10.7 Å². The van der Waals surface area contributed by atoms with E-state index >= 15 is 0 Å². The molecule has 1 saturated heterocycles. The third-order valence-corrected chi connectivity index (χ3v) is 3.70. The number of rotatable bonds is 3. The second-order valence-electron chi connectivity index (χ2n) is 3.57. The number of carbonyl (C=O) groups excluding carboxylic acids is 1. The van der Waals surface area contributed by atoms with Crippen molar-refractivity contribution in [2.75, 3.05) is 36.1 Å². The highest BCUT2D eigenvalue weighted by Gasteiger charge is 2.21. The molecule has 0 atom stereocenters. The van der Waals surface area contributed by atoms with Crippen LogP contribution in [0.3, 0.4) is 0 Å². The molecule has 2 rings (SSSR count). The normalized spacial score (nSPS) is 17.1. The molecule has 1 aromatic rings. The second kappa shape index (κ2) is 5.31. The zero-order valence-electron chi connectivity index (χ0n) is 9.55. The number of oxazole rings is 1. The molecule has 0 radical (unpaired) electrons. The molecule has 0 unspecified atom stereocenters. The van der Waals surface area contributed by atoms with Crippen molar-refractivity contribution in [1.82, 2.24) is 4.98 Å².